The number of rotatable bonds is 6. The maximum atomic E-state index is 12.0. The maximum Gasteiger partial charge on any atom is 0.215 e. The Kier molecular flexibility index (Phi) is 4.20. The second-order valence-corrected chi connectivity index (χ2v) is 7.52. The molecular formula is C13H18ClNO3S. The van der Waals surface area contributed by atoms with Gasteiger partial charge in [0.05, 0.1) is 11.4 Å². The Hall–Kier alpha value is -0.620. The van der Waals surface area contributed by atoms with Crippen LogP contribution < -0.4 is 4.72 Å². The van der Waals surface area contributed by atoms with E-state index < -0.39 is 15.6 Å². The van der Waals surface area contributed by atoms with E-state index in [1.165, 1.54) is 0 Å². The molecule has 6 heteroatoms. The SMILES string of the molecule is CC(O)(CNS(=O)(=O)Cc1ccccc1Cl)C1CC1. The Morgan fingerprint density at radius 3 is 2.63 bits per heavy atom. The monoisotopic (exact) mass is 303 g/mol. The summed E-state index contributed by atoms with van der Waals surface area (Å²) in [5.41, 5.74) is -0.407. The number of hydrogen-bond donors (Lipinski definition) is 2. The minimum absolute atomic E-state index is 0.0461. The molecule has 106 valence electrons. The van der Waals surface area contributed by atoms with Gasteiger partial charge < -0.3 is 5.11 Å². The Balaban J connectivity index is 1.97. The van der Waals surface area contributed by atoms with Crippen molar-refractivity contribution in [3.05, 3.63) is 34.9 Å². The molecule has 0 aliphatic heterocycles. The van der Waals surface area contributed by atoms with E-state index in [0.717, 1.165) is 12.8 Å². The molecule has 0 radical (unpaired) electrons. The van der Waals surface area contributed by atoms with Crippen LogP contribution in [-0.4, -0.2) is 25.7 Å². The smallest absolute Gasteiger partial charge is 0.215 e. The summed E-state index contributed by atoms with van der Waals surface area (Å²) in [4.78, 5) is 0. The molecule has 0 heterocycles. The van der Waals surface area contributed by atoms with Crippen molar-refractivity contribution in [1.82, 2.24) is 4.72 Å². The first-order valence-corrected chi connectivity index (χ1v) is 8.26. The molecule has 0 bridgehead atoms. The fourth-order valence-electron chi connectivity index (χ4n) is 1.98. The largest absolute Gasteiger partial charge is 0.389 e. The lowest BCUT2D eigenvalue weighted by molar-refractivity contribution is 0.0422. The Bertz CT molecular complexity index is 553. The van der Waals surface area contributed by atoms with E-state index in [2.05, 4.69) is 4.72 Å². The number of nitrogens with one attached hydrogen (secondary N) is 1. The van der Waals surface area contributed by atoms with Crippen molar-refractivity contribution in [2.75, 3.05) is 6.54 Å². The summed E-state index contributed by atoms with van der Waals surface area (Å²) in [5.74, 6) is 0.0310. The van der Waals surface area contributed by atoms with Crippen LogP contribution in [-0.2, 0) is 15.8 Å². The van der Waals surface area contributed by atoms with E-state index in [0.29, 0.717) is 10.6 Å². The molecule has 1 fully saturated rings. The van der Waals surface area contributed by atoms with Crippen LogP contribution in [0.3, 0.4) is 0 Å². The van der Waals surface area contributed by atoms with E-state index in [1.54, 1.807) is 31.2 Å². The van der Waals surface area contributed by atoms with Crippen LogP contribution in [0.2, 0.25) is 5.02 Å². The first-order valence-electron chi connectivity index (χ1n) is 6.23. The highest BCUT2D eigenvalue weighted by Gasteiger charge is 2.40. The van der Waals surface area contributed by atoms with Gasteiger partial charge in [0.1, 0.15) is 0 Å². The van der Waals surface area contributed by atoms with Crippen LogP contribution >= 0.6 is 11.6 Å². The van der Waals surface area contributed by atoms with Gasteiger partial charge in [-0.05, 0) is 37.3 Å². The summed E-state index contributed by atoms with van der Waals surface area (Å²) in [7, 11) is -3.49. The molecule has 1 aliphatic rings. The lowest BCUT2D eigenvalue weighted by atomic mass is 10.0. The zero-order chi connectivity index (χ0) is 14.1. The lowest BCUT2D eigenvalue weighted by Gasteiger charge is -2.23. The molecule has 1 aromatic rings. The van der Waals surface area contributed by atoms with Gasteiger partial charge in [-0.1, -0.05) is 29.8 Å². The van der Waals surface area contributed by atoms with Gasteiger partial charge in [0, 0.05) is 11.6 Å². The van der Waals surface area contributed by atoms with Gasteiger partial charge in [0.15, 0.2) is 0 Å². The zero-order valence-electron chi connectivity index (χ0n) is 10.8. The average Bonchev–Trinajstić information content (AvgIpc) is 3.14. The van der Waals surface area contributed by atoms with Crippen molar-refractivity contribution in [2.45, 2.75) is 31.1 Å². The molecule has 1 aromatic carbocycles. The molecule has 0 amide bonds. The third kappa shape index (κ3) is 4.18. The second kappa shape index (κ2) is 5.40. The van der Waals surface area contributed by atoms with Crippen LogP contribution in [0.5, 0.6) is 0 Å². The van der Waals surface area contributed by atoms with Gasteiger partial charge in [-0.2, -0.15) is 0 Å². The zero-order valence-corrected chi connectivity index (χ0v) is 12.3. The first-order chi connectivity index (χ1) is 8.80. The standard InChI is InChI=1S/C13H18ClNO3S/c1-13(16,11-6-7-11)9-15-19(17,18)8-10-4-2-3-5-12(10)14/h2-5,11,15-16H,6-9H2,1H3. The molecule has 0 saturated heterocycles. The third-order valence-electron chi connectivity index (χ3n) is 3.41. The van der Waals surface area contributed by atoms with E-state index in [-0.39, 0.29) is 18.2 Å². The molecule has 19 heavy (non-hydrogen) atoms. The highest BCUT2D eigenvalue weighted by molar-refractivity contribution is 7.88. The molecule has 0 aromatic heterocycles. The number of aliphatic hydroxyl groups is 1. The molecule has 2 rings (SSSR count). The molecule has 1 saturated carbocycles. The number of hydrogen-bond acceptors (Lipinski definition) is 3. The molecule has 4 nitrogen and oxygen atoms in total. The quantitative estimate of drug-likeness (QED) is 0.844. The average molecular weight is 304 g/mol. The predicted molar refractivity (Wildman–Crippen MR) is 75.4 cm³/mol. The number of sulfonamides is 1. The van der Waals surface area contributed by atoms with Crippen LogP contribution in [0.4, 0.5) is 0 Å². The molecule has 1 unspecified atom stereocenters. The summed E-state index contributed by atoms with van der Waals surface area (Å²) in [5, 5.41) is 10.5. The van der Waals surface area contributed by atoms with E-state index in [1.807, 2.05) is 0 Å². The van der Waals surface area contributed by atoms with Crippen molar-refractivity contribution in [2.24, 2.45) is 5.92 Å². The minimum Gasteiger partial charge on any atom is -0.389 e. The van der Waals surface area contributed by atoms with Crippen LogP contribution in [0, 0.1) is 5.92 Å². The number of benzene rings is 1. The maximum absolute atomic E-state index is 12.0. The summed E-state index contributed by atoms with van der Waals surface area (Å²) < 4.78 is 26.4. The molecule has 1 aliphatic carbocycles. The Labute approximate surface area is 118 Å². The Morgan fingerprint density at radius 2 is 2.05 bits per heavy atom. The van der Waals surface area contributed by atoms with E-state index >= 15 is 0 Å². The lowest BCUT2D eigenvalue weighted by Crippen LogP contribution is -2.42. The summed E-state index contributed by atoms with van der Waals surface area (Å²) in [6, 6.07) is 6.84. The van der Waals surface area contributed by atoms with Crippen molar-refractivity contribution < 1.29 is 13.5 Å². The first kappa shape index (κ1) is 14.8. The van der Waals surface area contributed by atoms with Crippen molar-refractivity contribution in [3.8, 4) is 0 Å². The summed E-state index contributed by atoms with van der Waals surface area (Å²) >= 11 is 5.94. The van der Waals surface area contributed by atoms with Gasteiger partial charge in [-0.15, -0.1) is 0 Å². The summed E-state index contributed by atoms with van der Waals surface area (Å²) in [6.45, 7) is 1.72. The predicted octanol–water partition coefficient (Wildman–Crippen LogP) is 1.92. The summed E-state index contributed by atoms with van der Waals surface area (Å²) in [6.07, 6.45) is 1.92. The van der Waals surface area contributed by atoms with Crippen LogP contribution in [0.1, 0.15) is 25.3 Å². The fraction of sp³-hybridized carbons (Fsp3) is 0.538. The van der Waals surface area contributed by atoms with Gasteiger partial charge in [0.25, 0.3) is 0 Å². The highest BCUT2D eigenvalue weighted by Crippen LogP contribution is 2.39. The highest BCUT2D eigenvalue weighted by atomic mass is 35.5. The van der Waals surface area contributed by atoms with Gasteiger partial charge in [0.2, 0.25) is 10.0 Å². The normalized spacial score (nSPS) is 19.1. The van der Waals surface area contributed by atoms with Gasteiger partial charge in [-0.25, -0.2) is 13.1 Å². The van der Waals surface area contributed by atoms with Gasteiger partial charge in [-0.3, -0.25) is 0 Å². The molecule has 2 N–H and O–H groups in total. The van der Waals surface area contributed by atoms with Crippen molar-refractivity contribution in [3.63, 3.8) is 0 Å². The Morgan fingerprint density at radius 1 is 1.42 bits per heavy atom. The van der Waals surface area contributed by atoms with Crippen molar-refractivity contribution >= 4 is 21.6 Å². The van der Waals surface area contributed by atoms with E-state index in [9.17, 15) is 13.5 Å². The third-order valence-corrected chi connectivity index (χ3v) is 5.05. The van der Waals surface area contributed by atoms with E-state index in [4.69, 9.17) is 11.6 Å². The minimum atomic E-state index is -3.49. The van der Waals surface area contributed by atoms with Gasteiger partial charge >= 0.3 is 0 Å². The number of halogens is 1. The molecular weight excluding hydrogens is 286 g/mol. The topological polar surface area (TPSA) is 66.4 Å². The van der Waals surface area contributed by atoms with Crippen molar-refractivity contribution in [1.29, 1.82) is 0 Å². The second-order valence-electron chi connectivity index (χ2n) is 5.30. The van der Waals surface area contributed by atoms with Crippen LogP contribution in [0.25, 0.3) is 0 Å². The fourth-order valence-corrected chi connectivity index (χ4v) is 3.53. The van der Waals surface area contributed by atoms with Crippen LogP contribution in [0.15, 0.2) is 24.3 Å². The molecule has 0 spiro atoms. The molecule has 1 atom stereocenters.